The number of anilines is 1. The predicted octanol–water partition coefficient (Wildman–Crippen LogP) is 3.14. The summed E-state index contributed by atoms with van der Waals surface area (Å²) in [4.78, 5) is 17.8. The second-order valence-electron chi connectivity index (χ2n) is 5.02. The molecule has 0 atom stereocenters. The second-order valence-corrected chi connectivity index (χ2v) is 5.83. The first kappa shape index (κ1) is 12.4. The number of halogens is 1. The maximum absolute atomic E-state index is 12.0. The van der Waals surface area contributed by atoms with E-state index in [9.17, 15) is 4.79 Å². The largest absolute Gasteiger partial charge is 0.443 e. The molecule has 92 valence electrons. The summed E-state index contributed by atoms with van der Waals surface area (Å²) in [5, 5.41) is 0. The molecule has 1 aromatic rings. The Morgan fingerprint density at radius 1 is 1.53 bits per heavy atom. The van der Waals surface area contributed by atoms with Gasteiger partial charge in [0, 0.05) is 12.7 Å². The first-order valence-corrected chi connectivity index (χ1v) is 6.31. The first-order valence-electron chi connectivity index (χ1n) is 5.52. The highest BCUT2D eigenvalue weighted by Crippen LogP contribution is 2.30. The standard InChI is InChI=1S/C12H15BrN2O2/c1-12(2,3)17-11(16)15-5-4-8-7-14-10(13)6-9(8)15/h6-7H,4-5H2,1-3H3. The summed E-state index contributed by atoms with van der Waals surface area (Å²) in [5.41, 5.74) is 1.50. The monoisotopic (exact) mass is 298 g/mol. The Kier molecular flexibility index (Phi) is 3.12. The molecule has 0 fully saturated rings. The summed E-state index contributed by atoms with van der Waals surface area (Å²) in [6.07, 6.45) is 2.33. The van der Waals surface area contributed by atoms with Crippen molar-refractivity contribution in [2.75, 3.05) is 11.4 Å². The number of amides is 1. The Labute approximate surface area is 109 Å². The molecule has 0 N–H and O–H groups in total. The van der Waals surface area contributed by atoms with Gasteiger partial charge in [0.25, 0.3) is 0 Å². The van der Waals surface area contributed by atoms with Gasteiger partial charge in [-0.15, -0.1) is 0 Å². The van der Waals surface area contributed by atoms with Gasteiger partial charge in [0.2, 0.25) is 0 Å². The van der Waals surface area contributed by atoms with E-state index < -0.39 is 5.60 Å². The van der Waals surface area contributed by atoms with Gasteiger partial charge >= 0.3 is 6.09 Å². The van der Waals surface area contributed by atoms with Gasteiger partial charge in [0.1, 0.15) is 10.2 Å². The molecule has 2 heterocycles. The molecule has 0 spiro atoms. The number of aromatic nitrogens is 1. The molecule has 0 saturated heterocycles. The summed E-state index contributed by atoms with van der Waals surface area (Å²) in [6, 6.07) is 1.85. The van der Waals surface area contributed by atoms with Crippen LogP contribution in [0.5, 0.6) is 0 Å². The minimum absolute atomic E-state index is 0.297. The Morgan fingerprint density at radius 2 is 2.24 bits per heavy atom. The highest BCUT2D eigenvalue weighted by Gasteiger charge is 2.29. The van der Waals surface area contributed by atoms with Crippen LogP contribution in [0.3, 0.4) is 0 Å². The molecule has 0 aromatic carbocycles. The molecule has 1 aliphatic rings. The van der Waals surface area contributed by atoms with E-state index in [4.69, 9.17) is 4.74 Å². The molecule has 0 bridgehead atoms. The van der Waals surface area contributed by atoms with Crippen LogP contribution >= 0.6 is 15.9 Å². The van der Waals surface area contributed by atoms with E-state index in [2.05, 4.69) is 20.9 Å². The van der Waals surface area contributed by atoms with Crippen LogP contribution in [0.15, 0.2) is 16.9 Å². The average molecular weight is 299 g/mol. The molecule has 1 aromatic heterocycles. The number of hydrogen-bond acceptors (Lipinski definition) is 3. The van der Waals surface area contributed by atoms with Crippen LogP contribution in [0, 0.1) is 0 Å². The fourth-order valence-electron chi connectivity index (χ4n) is 1.75. The van der Waals surface area contributed by atoms with Crippen molar-refractivity contribution >= 4 is 27.7 Å². The molecule has 5 heteroatoms. The highest BCUT2D eigenvalue weighted by molar-refractivity contribution is 9.10. The van der Waals surface area contributed by atoms with Crippen LogP contribution in [-0.4, -0.2) is 23.2 Å². The predicted molar refractivity (Wildman–Crippen MR) is 69.2 cm³/mol. The summed E-state index contributed by atoms with van der Waals surface area (Å²) in [5.74, 6) is 0. The molecule has 4 nitrogen and oxygen atoms in total. The van der Waals surface area contributed by atoms with E-state index in [1.54, 1.807) is 11.1 Å². The van der Waals surface area contributed by atoms with Crippen molar-refractivity contribution in [2.24, 2.45) is 0 Å². The molecule has 17 heavy (non-hydrogen) atoms. The summed E-state index contributed by atoms with van der Waals surface area (Å²) in [7, 11) is 0. The van der Waals surface area contributed by atoms with Crippen LogP contribution in [0.2, 0.25) is 0 Å². The van der Waals surface area contributed by atoms with Crippen LogP contribution in [-0.2, 0) is 11.2 Å². The van der Waals surface area contributed by atoms with Crippen molar-refractivity contribution in [3.8, 4) is 0 Å². The van der Waals surface area contributed by atoms with Gasteiger partial charge in [-0.2, -0.15) is 0 Å². The number of carbonyl (C=O) groups is 1. The average Bonchev–Trinajstić information content (AvgIpc) is 2.57. The lowest BCUT2D eigenvalue weighted by atomic mass is 10.2. The third-order valence-corrected chi connectivity index (χ3v) is 2.87. The number of rotatable bonds is 0. The molecule has 1 aliphatic heterocycles. The summed E-state index contributed by atoms with van der Waals surface area (Å²) < 4.78 is 6.10. The third-order valence-electron chi connectivity index (χ3n) is 2.44. The molecule has 0 saturated carbocycles. The Balaban J connectivity index is 2.22. The van der Waals surface area contributed by atoms with Crippen molar-refractivity contribution in [3.63, 3.8) is 0 Å². The summed E-state index contributed by atoms with van der Waals surface area (Å²) >= 11 is 3.31. The molecule has 2 rings (SSSR count). The molecule has 0 unspecified atom stereocenters. The number of pyridine rings is 1. The van der Waals surface area contributed by atoms with Gasteiger partial charge in [0.15, 0.2) is 0 Å². The third kappa shape index (κ3) is 2.77. The fraction of sp³-hybridized carbons (Fsp3) is 0.500. The van der Waals surface area contributed by atoms with Crippen LogP contribution in [0.1, 0.15) is 26.3 Å². The van der Waals surface area contributed by atoms with E-state index in [1.807, 2.05) is 26.8 Å². The number of carbonyl (C=O) groups excluding carboxylic acids is 1. The number of ether oxygens (including phenoxy) is 1. The van der Waals surface area contributed by atoms with Crippen LogP contribution in [0.25, 0.3) is 0 Å². The number of fused-ring (bicyclic) bond motifs is 1. The van der Waals surface area contributed by atoms with E-state index in [1.165, 1.54) is 0 Å². The minimum Gasteiger partial charge on any atom is -0.443 e. The zero-order chi connectivity index (χ0) is 12.6. The molecular formula is C12H15BrN2O2. The lowest BCUT2D eigenvalue weighted by molar-refractivity contribution is 0.0584. The quantitative estimate of drug-likeness (QED) is 0.691. The Morgan fingerprint density at radius 3 is 2.88 bits per heavy atom. The zero-order valence-corrected chi connectivity index (χ0v) is 11.7. The normalized spacial score (nSPS) is 14.7. The van der Waals surface area contributed by atoms with E-state index in [-0.39, 0.29) is 6.09 Å². The van der Waals surface area contributed by atoms with Gasteiger partial charge < -0.3 is 4.74 Å². The van der Waals surface area contributed by atoms with Crippen molar-refractivity contribution in [2.45, 2.75) is 32.8 Å². The fourth-order valence-corrected chi connectivity index (χ4v) is 2.07. The summed E-state index contributed by atoms with van der Waals surface area (Å²) in [6.45, 7) is 6.25. The van der Waals surface area contributed by atoms with Gasteiger partial charge in [-0.05, 0) is 54.8 Å². The maximum atomic E-state index is 12.0. The Bertz CT molecular complexity index is 454. The highest BCUT2D eigenvalue weighted by atomic mass is 79.9. The molecule has 0 aliphatic carbocycles. The molecular weight excluding hydrogens is 284 g/mol. The lowest BCUT2D eigenvalue weighted by Gasteiger charge is -2.24. The van der Waals surface area contributed by atoms with E-state index >= 15 is 0 Å². The van der Waals surface area contributed by atoms with Gasteiger partial charge in [-0.3, -0.25) is 4.90 Å². The number of hydrogen-bond donors (Lipinski definition) is 0. The first-order chi connectivity index (χ1) is 7.87. The molecule has 0 radical (unpaired) electrons. The van der Waals surface area contributed by atoms with Gasteiger partial charge in [-0.25, -0.2) is 9.78 Å². The molecule has 1 amide bonds. The SMILES string of the molecule is CC(C)(C)OC(=O)N1CCc2cnc(Br)cc21. The lowest BCUT2D eigenvalue weighted by Crippen LogP contribution is -2.35. The van der Waals surface area contributed by atoms with Crippen molar-refractivity contribution in [3.05, 3.63) is 22.4 Å². The van der Waals surface area contributed by atoms with Gasteiger partial charge in [-0.1, -0.05) is 0 Å². The van der Waals surface area contributed by atoms with Crippen molar-refractivity contribution < 1.29 is 9.53 Å². The van der Waals surface area contributed by atoms with Crippen LogP contribution in [0.4, 0.5) is 10.5 Å². The van der Waals surface area contributed by atoms with Crippen LogP contribution < -0.4 is 4.90 Å². The van der Waals surface area contributed by atoms with E-state index in [0.717, 1.165) is 22.3 Å². The maximum Gasteiger partial charge on any atom is 0.414 e. The zero-order valence-electron chi connectivity index (χ0n) is 10.2. The van der Waals surface area contributed by atoms with Crippen molar-refractivity contribution in [1.82, 2.24) is 4.98 Å². The topological polar surface area (TPSA) is 42.4 Å². The van der Waals surface area contributed by atoms with Gasteiger partial charge in [0.05, 0.1) is 5.69 Å². The minimum atomic E-state index is -0.468. The van der Waals surface area contributed by atoms with Crippen molar-refractivity contribution in [1.29, 1.82) is 0 Å². The Hall–Kier alpha value is -1.10. The second kappa shape index (κ2) is 4.29. The number of nitrogens with zero attached hydrogens (tertiary/aromatic N) is 2. The van der Waals surface area contributed by atoms with E-state index in [0.29, 0.717) is 6.54 Å². The smallest absolute Gasteiger partial charge is 0.414 e.